The lowest BCUT2D eigenvalue weighted by Crippen LogP contribution is -2.20. The van der Waals surface area contributed by atoms with Gasteiger partial charge in [-0.05, 0) is 50.3 Å². The number of hydrogen-bond acceptors (Lipinski definition) is 2. The van der Waals surface area contributed by atoms with Crippen LogP contribution in [0, 0.1) is 13.8 Å². The van der Waals surface area contributed by atoms with Gasteiger partial charge in [0.15, 0.2) is 0 Å². The van der Waals surface area contributed by atoms with Crippen molar-refractivity contribution in [2.45, 2.75) is 39.2 Å². The molecule has 0 radical (unpaired) electrons. The van der Waals surface area contributed by atoms with Crippen LogP contribution in [0.2, 0.25) is 0 Å². The van der Waals surface area contributed by atoms with E-state index in [1.807, 2.05) is 0 Å². The van der Waals surface area contributed by atoms with E-state index in [-0.39, 0.29) is 6.04 Å². The minimum Gasteiger partial charge on any atom is -0.323 e. The SMILES string of the molecule is Cc1ccccc1-n1nc(C)c2c1C(N)CCC2. The molecule has 1 unspecified atom stereocenters. The summed E-state index contributed by atoms with van der Waals surface area (Å²) in [6.45, 7) is 4.21. The number of rotatable bonds is 1. The first-order chi connectivity index (χ1) is 8.68. The Labute approximate surface area is 108 Å². The Hall–Kier alpha value is -1.61. The van der Waals surface area contributed by atoms with Crippen molar-refractivity contribution < 1.29 is 0 Å². The Balaban J connectivity index is 2.22. The molecule has 18 heavy (non-hydrogen) atoms. The molecule has 1 aliphatic carbocycles. The molecule has 1 atom stereocenters. The van der Waals surface area contributed by atoms with Crippen molar-refractivity contribution in [3.63, 3.8) is 0 Å². The first-order valence-electron chi connectivity index (χ1n) is 6.58. The summed E-state index contributed by atoms with van der Waals surface area (Å²) in [6.07, 6.45) is 3.35. The maximum Gasteiger partial charge on any atom is 0.0678 e. The predicted octanol–water partition coefficient (Wildman–Crippen LogP) is 2.83. The van der Waals surface area contributed by atoms with Gasteiger partial charge in [-0.3, -0.25) is 0 Å². The van der Waals surface area contributed by atoms with Crippen molar-refractivity contribution in [3.8, 4) is 5.69 Å². The van der Waals surface area contributed by atoms with Gasteiger partial charge in [-0.15, -0.1) is 0 Å². The van der Waals surface area contributed by atoms with Crippen LogP contribution < -0.4 is 5.73 Å². The van der Waals surface area contributed by atoms with Crippen molar-refractivity contribution in [1.29, 1.82) is 0 Å². The number of hydrogen-bond donors (Lipinski definition) is 1. The average Bonchev–Trinajstić information content (AvgIpc) is 2.69. The summed E-state index contributed by atoms with van der Waals surface area (Å²) in [5.41, 5.74) is 12.4. The Kier molecular flexibility index (Phi) is 2.71. The number of nitrogens with two attached hydrogens (primary N) is 1. The minimum atomic E-state index is 0.120. The normalized spacial score (nSPS) is 18.7. The molecule has 2 N–H and O–H groups in total. The van der Waals surface area contributed by atoms with Gasteiger partial charge < -0.3 is 5.73 Å². The highest BCUT2D eigenvalue weighted by atomic mass is 15.3. The number of para-hydroxylation sites is 1. The quantitative estimate of drug-likeness (QED) is 0.834. The van der Waals surface area contributed by atoms with Gasteiger partial charge in [-0.2, -0.15) is 5.10 Å². The van der Waals surface area contributed by atoms with E-state index in [0.717, 1.165) is 24.2 Å². The number of aryl methyl sites for hydroxylation is 2. The molecule has 0 saturated carbocycles. The number of benzene rings is 1. The van der Waals surface area contributed by atoms with Gasteiger partial charge >= 0.3 is 0 Å². The molecular formula is C15H19N3. The Bertz CT molecular complexity index is 583. The van der Waals surface area contributed by atoms with Gasteiger partial charge in [-0.1, -0.05) is 18.2 Å². The highest BCUT2D eigenvalue weighted by Crippen LogP contribution is 2.32. The zero-order chi connectivity index (χ0) is 12.7. The van der Waals surface area contributed by atoms with Gasteiger partial charge in [0.1, 0.15) is 0 Å². The topological polar surface area (TPSA) is 43.8 Å². The van der Waals surface area contributed by atoms with Gasteiger partial charge in [0.05, 0.1) is 17.1 Å². The Morgan fingerprint density at radius 2 is 2.06 bits per heavy atom. The van der Waals surface area contributed by atoms with Crippen LogP contribution in [0.3, 0.4) is 0 Å². The van der Waals surface area contributed by atoms with E-state index in [0.29, 0.717) is 0 Å². The third kappa shape index (κ3) is 1.66. The largest absolute Gasteiger partial charge is 0.323 e. The molecule has 3 nitrogen and oxygen atoms in total. The number of nitrogens with zero attached hydrogens (tertiary/aromatic N) is 2. The monoisotopic (exact) mass is 241 g/mol. The van der Waals surface area contributed by atoms with E-state index < -0.39 is 0 Å². The molecule has 0 amide bonds. The highest BCUT2D eigenvalue weighted by Gasteiger charge is 2.25. The summed E-state index contributed by atoms with van der Waals surface area (Å²) >= 11 is 0. The van der Waals surface area contributed by atoms with Crippen LogP contribution in [0.5, 0.6) is 0 Å². The Morgan fingerprint density at radius 3 is 2.83 bits per heavy atom. The van der Waals surface area contributed by atoms with Crippen LogP contribution >= 0.6 is 0 Å². The second-order valence-corrected chi connectivity index (χ2v) is 5.15. The van der Waals surface area contributed by atoms with Crippen LogP contribution in [-0.2, 0) is 6.42 Å². The maximum absolute atomic E-state index is 6.29. The molecule has 1 aliphatic rings. The summed E-state index contributed by atoms with van der Waals surface area (Å²) in [5, 5.41) is 4.71. The fourth-order valence-electron chi connectivity index (χ4n) is 2.89. The number of aromatic nitrogens is 2. The van der Waals surface area contributed by atoms with E-state index in [1.165, 1.54) is 23.2 Å². The van der Waals surface area contributed by atoms with Gasteiger partial charge in [-0.25, -0.2) is 4.68 Å². The lowest BCUT2D eigenvalue weighted by atomic mass is 9.92. The highest BCUT2D eigenvalue weighted by molar-refractivity contribution is 5.44. The van der Waals surface area contributed by atoms with Crippen molar-refractivity contribution in [2.24, 2.45) is 5.73 Å². The molecular weight excluding hydrogens is 222 g/mol. The molecule has 0 spiro atoms. The lowest BCUT2D eigenvalue weighted by molar-refractivity contribution is 0.542. The van der Waals surface area contributed by atoms with E-state index in [9.17, 15) is 0 Å². The summed E-state index contributed by atoms with van der Waals surface area (Å²) in [6, 6.07) is 8.47. The fourth-order valence-corrected chi connectivity index (χ4v) is 2.89. The fraction of sp³-hybridized carbons (Fsp3) is 0.400. The van der Waals surface area contributed by atoms with E-state index in [4.69, 9.17) is 10.8 Å². The average molecular weight is 241 g/mol. The smallest absolute Gasteiger partial charge is 0.0678 e. The van der Waals surface area contributed by atoms with Crippen molar-refractivity contribution in [1.82, 2.24) is 9.78 Å². The Morgan fingerprint density at radius 1 is 1.28 bits per heavy atom. The second-order valence-electron chi connectivity index (χ2n) is 5.15. The molecule has 94 valence electrons. The molecule has 3 heteroatoms. The van der Waals surface area contributed by atoms with Crippen LogP contribution in [-0.4, -0.2) is 9.78 Å². The van der Waals surface area contributed by atoms with Crippen LogP contribution in [0.15, 0.2) is 24.3 Å². The maximum atomic E-state index is 6.29. The standard InChI is InChI=1S/C15H19N3/c1-10-6-3-4-9-14(10)18-15-12(11(2)17-18)7-5-8-13(15)16/h3-4,6,9,13H,5,7-8,16H2,1-2H3. The lowest BCUT2D eigenvalue weighted by Gasteiger charge is -2.21. The first-order valence-corrected chi connectivity index (χ1v) is 6.58. The molecule has 1 aromatic heterocycles. The van der Waals surface area contributed by atoms with Crippen molar-refractivity contribution in [2.75, 3.05) is 0 Å². The summed E-state index contributed by atoms with van der Waals surface area (Å²) in [7, 11) is 0. The minimum absolute atomic E-state index is 0.120. The molecule has 1 aromatic carbocycles. The third-order valence-corrected chi connectivity index (χ3v) is 3.86. The molecule has 2 aromatic rings. The van der Waals surface area contributed by atoms with Crippen LogP contribution in [0.1, 0.15) is 41.4 Å². The summed E-state index contributed by atoms with van der Waals surface area (Å²) < 4.78 is 2.06. The second kappa shape index (κ2) is 4.25. The molecule has 3 rings (SSSR count). The van der Waals surface area contributed by atoms with Gasteiger partial charge in [0, 0.05) is 6.04 Å². The van der Waals surface area contributed by atoms with Gasteiger partial charge in [0.25, 0.3) is 0 Å². The zero-order valence-corrected chi connectivity index (χ0v) is 11.0. The summed E-state index contributed by atoms with van der Waals surface area (Å²) in [5.74, 6) is 0. The first kappa shape index (κ1) is 11.5. The molecule has 0 saturated heterocycles. The predicted molar refractivity (Wildman–Crippen MR) is 72.9 cm³/mol. The van der Waals surface area contributed by atoms with Crippen molar-refractivity contribution in [3.05, 3.63) is 46.8 Å². The molecule has 0 fully saturated rings. The number of fused-ring (bicyclic) bond motifs is 1. The third-order valence-electron chi connectivity index (χ3n) is 3.86. The molecule has 0 bridgehead atoms. The zero-order valence-electron chi connectivity index (χ0n) is 11.0. The van der Waals surface area contributed by atoms with E-state index in [2.05, 4.69) is 42.8 Å². The van der Waals surface area contributed by atoms with Gasteiger partial charge in [0.2, 0.25) is 0 Å². The van der Waals surface area contributed by atoms with Crippen molar-refractivity contribution >= 4 is 0 Å². The molecule has 1 heterocycles. The van der Waals surface area contributed by atoms with E-state index in [1.54, 1.807) is 0 Å². The van der Waals surface area contributed by atoms with Crippen LogP contribution in [0.25, 0.3) is 5.69 Å². The summed E-state index contributed by atoms with van der Waals surface area (Å²) in [4.78, 5) is 0. The van der Waals surface area contributed by atoms with E-state index >= 15 is 0 Å². The molecule has 0 aliphatic heterocycles. The van der Waals surface area contributed by atoms with Crippen LogP contribution in [0.4, 0.5) is 0 Å².